The molecular weight excluding hydrogens is 312 g/mol. The second kappa shape index (κ2) is 7.71. The molecule has 0 aliphatic heterocycles. The first kappa shape index (κ1) is 17.6. The molecule has 0 spiro atoms. The molecule has 0 fully saturated rings. The van der Waals surface area contributed by atoms with Gasteiger partial charge >= 0.3 is 5.97 Å². The normalized spacial score (nSPS) is 10.8. The van der Waals surface area contributed by atoms with Gasteiger partial charge in [0.15, 0.2) is 6.61 Å². The third-order valence-electron chi connectivity index (χ3n) is 3.58. The van der Waals surface area contributed by atoms with Gasteiger partial charge in [0.2, 0.25) is 5.95 Å². The number of nitrogens with zero attached hydrogens (tertiary/aromatic N) is 4. The molecule has 0 aliphatic carbocycles. The van der Waals surface area contributed by atoms with Crippen LogP contribution in [0.5, 0.6) is 0 Å². The van der Waals surface area contributed by atoms with Gasteiger partial charge in [-0.3, -0.25) is 9.59 Å². The van der Waals surface area contributed by atoms with Crippen molar-refractivity contribution in [1.82, 2.24) is 24.9 Å². The first-order valence-electron chi connectivity index (χ1n) is 7.83. The van der Waals surface area contributed by atoms with Gasteiger partial charge in [-0.2, -0.15) is 9.50 Å². The Labute approximate surface area is 139 Å². The fourth-order valence-electron chi connectivity index (χ4n) is 2.35. The van der Waals surface area contributed by atoms with Gasteiger partial charge in [0.25, 0.3) is 11.7 Å². The molecule has 2 heterocycles. The maximum absolute atomic E-state index is 11.8. The standard InChI is InChI=1S/C15H22N6O3/c1-4-7-17-12(22)8-24-13(23)6-5-11-9(2)18-15-19-14(16)20-21(15)10(11)3/h4-8H2,1-3H3,(H2,16,20)(H,17,22). The van der Waals surface area contributed by atoms with Crippen molar-refractivity contribution in [3.8, 4) is 0 Å². The van der Waals surface area contributed by atoms with E-state index in [0.717, 1.165) is 23.4 Å². The van der Waals surface area contributed by atoms with Crippen molar-refractivity contribution in [2.24, 2.45) is 0 Å². The number of carbonyl (C=O) groups is 2. The van der Waals surface area contributed by atoms with Crippen LogP contribution in [0.1, 0.15) is 36.7 Å². The molecule has 0 saturated carbocycles. The van der Waals surface area contributed by atoms with Crippen molar-refractivity contribution in [2.75, 3.05) is 18.9 Å². The topological polar surface area (TPSA) is 124 Å². The van der Waals surface area contributed by atoms with Crippen LogP contribution in [0.15, 0.2) is 0 Å². The molecular formula is C15H22N6O3. The molecule has 0 radical (unpaired) electrons. The van der Waals surface area contributed by atoms with Crippen LogP contribution in [0, 0.1) is 13.8 Å². The molecule has 0 bridgehead atoms. The lowest BCUT2D eigenvalue weighted by Gasteiger charge is -2.10. The quantitative estimate of drug-likeness (QED) is 0.699. The predicted octanol–water partition coefficient (Wildman–Crippen LogP) is 0.325. The van der Waals surface area contributed by atoms with E-state index in [1.807, 2.05) is 20.8 Å². The second-order valence-electron chi connectivity index (χ2n) is 5.45. The Hall–Kier alpha value is -2.71. The number of aromatic nitrogens is 4. The number of hydrogen-bond donors (Lipinski definition) is 2. The molecule has 9 nitrogen and oxygen atoms in total. The summed E-state index contributed by atoms with van der Waals surface area (Å²) < 4.78 is 6.52. The van der Waals surface area contributed by atoms with Crippen molar-refractivity contribution in [3.05, 3.63) is 17.0 Å². The average Bonchev–Trinajstić information content (AvgIpc) is 2.91. The highest BCUT2D eigenvalue weighted by Crippen LogP contribution is 2.16. The molecule has 2 rings (SSSR count). The highest BCUT2D eigenvalue weighted by atomic mass is 16.5. The molecule has 9 heteroatoms. The van der Waals surface area contributed by atoms with E-state index in [0.29, 0.717) is 18.7 Å². The molecule has 2 aromatic rings. The summed E-state index contributed by atoms with van der Waals surface area (Å²) in [6.07, 6.45) is 1.43. The number of hydrogen-bond acceptors (Lipinski definition) is 7. The van der Waals surface area contributed by atoms with E-state index < -0.39 is 5.97 Å². The zero-order valence-electron chi connectivity index (χ0n) is 14.1. The van der Waals surface area contributed by atoms with Crippen LogP contribution in [0.25, 0.3) is 5.78 Å². The molecule has 2 aromatic heterocycles. The Balaban J connectivity index is 1.95. The third-order valence-corrected chi connectivity index (χ3v) is 3.58. The lowest BCUT2D eigenvalue weighted by Crippen LogP contribution is -2.29. The SMILES string of the molecule is CCCNC(=O)COC(=O)CCc1c(C)nc2nc(N)nn2c1C. The Kier molecular flexibility index (Phi) is 5.67. The Bertz CT molecular complexity index is 755. The van der Waals surface area contributed by atoms with Crippen LogP contribution in [-0.2, 0) is 20.7 Å². The van der Waals surface area contributed by atoms with Crippen LogP contribution >= 0.6 is 0 Å². The van der Waals surface area contributed by atoms with Crippen molar-refractivity contribution in [3.63, 3.8) is 0 Å². The second-order valence-corrected chi connectivity index (χ2v) is 5.45. The van der Waals surface area contributed by atoms with E-state index in [1.165, 1.54) is 0 Å². The van der Waals surface area contributed by atoms with E-state index in [2.05, 4.69) is 20.4 Å². The predicted molar refractivity (Wildman–Crippen MR) is 87.2 cm³/mol. The van der Waals surface area contributed by atoms with E-state index in [1.54, 1.807) is 4.52 Å². The summed E-state index contributed by atoms with van der Waals surface area (Å²) in [7, 11) is 0. The lowest BCUT2D eigenvalue weighted by molar-refractivity contribution is -0.148. The Morgan fingerprint density at radius 1 is 1.29 bits per heavy atom. The van der Waals surface area contributed by atoms with E-state index in [4.69, 9.17) is 10.5 Å². The van der Waals surface area contributed by atoms with Crippen LogP contribution in [0.2, 0.25) is 0 Å². The number of nitrogens with one attached hydrogen (secondary N) is 1. The summed E-state index contributed by atoms with van der Waals surface area (Å²) >= 11 is 0. The largest absolute Gasteiger partial charge is 0.456 e. The maximum Gasteiger partial charge on any atom is 0.306 e. The number of aryl methyl sites for hydroxylation is 2. The van der Waals surface area contributed by atoms with Crippen molar-refractivity contribution < 1.29 is 14.3 Å². The van der Waals surface area contributed by atoms with Gasteiger partial charge in [-0.25, -0.2) is 4.98 Å². The van der Waals surface area contributed by atoms with E-state index in [9.17, 15) is 9.59 Å². The van der Waals surface area contributed by atoms with Gasteiger partial charge in [-0.1, -0.05) is 6.92 Å². The minimum absolute atomic E-state index is 0.152. The van der Waals surface area contributed by atoms with Gasteiger partial charge in [0, 0.05) is 24.4 Å². The van der Waals surface area contributed by atoms with E-state index >= 15 is 0 Å². The summed E-state index contributed by atoms with van der Waals surface area (Å²) in [4.78, 5) is 31.6. The van der Waals surface area contributed by atoms with Gasteiger partial charge in [-0.15, -0.1) is 5.10 Å². The van der Waals surface area contributed by atoms with Crippen LogP contribution in [0.4, 0.5) is 5.95 Å². The number of amides is 1. The van der Waals surface area contributed by atoms with Crippen LogP contribution < -0.4 is 11.1 Å². The highest BCUT2D eigenvalue weighted by molar-refractivity contribution is 5.80. The molecule has 0 aromatic carbocycles. The summed E-state index contributed by atoms with van der Waals surface area (Å²) in [5, 5.41) is 6.73. The van der Waals surface area contributed by atoms with Crippen molar-refractivity contribution in [2.45, 2.75) is 40.0 Å². The summed E-state index contributed by atoms with van der Waals surface area (Å²) in [6.45, 7) is 5.98. The van der Waals surface area contributed by atoms with Crippen molar-refractivity contribution in [1.29, 1.82) is 0 Å². The number of anilines is 1. The highest BCUT2D eigenvalue weighted by Gasteiger charge is 2.14. The molecule has 3 N–H and O–H groups in total. The molecule has 0 saturated heterocycles. The summed E-state index contributed by atoms with van der Waals surface area (Å²) in [6, 6.07) is 0. The van der Waals surface area contributed by atoms with Crippen molar-refractivity contribution >= 4 is 23.6 Å². The first-order chi connectivity index (χ1) is 11.4. The number of carbonyl (C=O) groups excluding carboxylic acids is 2. The van der Waals surface area contributed by atoms with Gasteiger partial charge in [-0.05, 0) is 32.3 Å². The smallest absolute Gasteiger partial charge is 0.306 e. The minimum atomic E-state index is -0.432. The number of nitrogens with two attached hydrogens (primary N) is 1. The fraction of sp³-hybridized carbons (Fsp3) is 0.533. The molecule has 0 atom stereocenters. The van der Waals surface area contributed by atoms with Gasteiger partial charge < -0.3 is 15.8 Å². The lowest BCUT2D eigenvalue weighted by atomic mass is 10.1. The first-order valence-corrected chi connectivity index (χ1v) is 7.83. The van der Waals surface area contributed by atoms with Gasteiger partial charge in [0.05, 0.1) is 0 Å². The molecule has 1 amide bonds. The number of rotatable bonds is 7. The number of esters is 1. The summed E-state index contributed by atoms with van der Waals surface area (Å²) in [5.74, 6) is -0.140. The zero-order valence-corrected chi connectivity index (χ0v) is 14.1. The number of ether oxygens (including phenoxy) is 1. The van der Waals surface area contributed by atoms with Gasteiger partial charge in [0.1, 0.15) is 0 Å². The summed E-state index contributed by atoms with van der Waals surface area (Å²) in [5.41, 5.74) is 8.07. The molecule has 24 heavy (non-hydrogen) atoms. The zero-order chi connectivity index (χ0) is 17.7. The monoisotopic (exact) mass is 334 g/mol. The average molecular weight is 334 g/mol. The molecule has 130 valence electrons. The van der Waals surface area contributed by atoms with E-state index in [-0.39, 0.29) is 24.9 Å². The Morgan fingerprint density at radius 3 is 2.75 bits per heavy atom. The number of nitrogen functional groups attached to an aromatic ring is 1. The fourth-order valence-corrected chi connectivity index (χ4v) is 2.35. The van der Waals surface area contributed by atoms with Crippen LogP contribution in [-0.4, -0.2) is 44.6 Å². The Morgan fingerprint density at radius 2 is 2.04 bits per heavy atom. The minimum Gasteiger partial charge on any atom is -0.456 e. The number of fused-ring (bicyclic) bond motifs is 1. The molecule has 0 unspecified atom stereocenters. The third kappa shape index (κ3) is 4.18. The maximum atomic E-state index is 11.8. The van der Waals surface area contributed by atoms with Crippen LogP contribution in [0.3, 0.4) is 0 Å². The molecule has 0 aliphatic rings.